The van der Waals surface area contributed by atoms with Crippen molar-refractivity contribution in [1.82, 2.24) is 4.98 Å². The molecule has 0 atom stereocenters. The second-order valence-corrected chi connectivity index (χ2v) is 7.23. The van der Waals surface area contributed by atoms with Gasteiger partial charge in [-0.2, -0.15) is 0 Å². The molecule has 0 unspecified atom stereocenters. The smallest absolute Gasteiger partial charge is 0.308 e. The van der Waals surface area contributed by atoms with Crippen molar-refractivity contribution in [3.05, 3.63) is 78.1 Å². The Kier molecular flexibility index (Phi) is 5.89. The van der Waals surface area contributed by atoms with E-state index in [0.29, 0.717) is 30.4 Å². The molecule has 2 heterocycles. The molecule has 2 aromatic carbocycles. The molecule has 4 aromatic rings. The molecule has 0 bridgehead atoms. The molecule has 0 aliphatic carbocycles. The Morgan fingerprint density at radius 3 is 2.48 bits per heavy atom. The van der Waals surface area contributed by atoms with E-state index in [1.807, 2.05) is 50.2 Å². The minimum atomic E-state index is -0.363. The lowest BCUT2D eigenvalue weighted by atomic mass is 10.1. The first kappa shape index (κ1) is 20.5. The number of nitrogens with zero attached hydrogens (tertiary/aromatic N) is 1. The summed E-state index contributed by atoms with van der Waals surface area (Å²) in [7, 11) is 0. The molecular formula is C25H23NO5. The molecule has 6 nitrogen and oxygen atoms in total. The number of rotatable bonds is 7. The number of hydrogen-bond acceptors (Lipinski definition) is 6. The van der Waals surface area contributed by atoms with E-state index >= 15 is 0 Å². The molecule has 0 aliphatic heterocycles. The summed E-state index contributed by atoms with van der Waals surface area (Å²) in [6.45, 7) is 5.64. The van der Waals surface area contributed by atoms with Gasteiger partial charge in [-0.3, -0.25) is 4.79 Å². The largest absolute Gasteiger partial charge is 0.493 e. The zero-order valence-corrected chi connectivity index (χ0v) is 17.7. The zero-order chi connectivity index (χ0) is 21.8. The number of hydrogen-bond donors (Lipinski definition) is 0. The van der Waals surface area contributed by atoms with Gasteiger partial charge in [-0.25, -0.2) is 4.98 Å². The third-order valence-corrected chi connectivity index (χ3v) is 4.90. The van der Waals surface area contributed by atoms with Crippen LogP contribution in [0.5, 0.6) is 11.5 Å². The Bertz CT molecular complexity index is 1170. The fraction of sp³-hybridized carbons (Fsp3) is 0.200. The number of carbonyl (C=O) groups excluding carboxylic acids is 1. The van der Waals surface area contributed by atoms with Gasteiger partial charge in [-0.05, 0) is 49.2 Å². The maximum Gasteiger partial charge on any atom is 0.308 e. The first-order chi connectivity index (χ1) is 15.0. The molecular weight excluding hydrogens is 394 g/mol. The van der Waals surface area contributed by atoms with E-state index in [0.717, 1.165) is 33.7 Å². The van der Waals surface area contributed by atoms with Gasteiger partial charge in [0.25, 0.3) is 0 Å². The first-order valence-electron chi connectivity index (χ1n) is 10.0. The maximum absolute atomic E-state index is 11.2. The zero-order valence-electron chi connectivity index (χ0n) is 17.7. The van der Waals surface area contributed by atoms with Crippen LogP contribution in [-0.4, -0.2) is 17.6 Å². The van der Waals surface area contributed by atoms with Crippen LogP contribution in [0.4, 0.5) is 0 Å². The minimum absolute atomic E-state index is 0.363. The first-order valence-corrected chi connectivity index (χ1v) is 10.0. The number of oxazole rings is 1. The van der Waals surface area contributed by atoms with Crippen LogP contribution in [0.2, 0.25) is 0 Å². The van der Waals surface area contributed by atoms with Crippen molar-refractivity contribution in [3.8, 4) is 34.1 Å². The number of aryl methyl sites for hydroxylation is 2. The predicted molar refractivity (Wildman–Crippen MR) is 116 cm³/mol. The van der Waals surface area contributed by atoms with Gasteiger partial charge in [0.1, 0.15) is 17.3 Å². The topological polar surface area (TPSA) is 74.7 Å². The van der Waals surface area contributed by atoms with Crippen molar-refractivity contribution < 1.29 is 23.1 Å². The summed E-state index contributed by atoms with van der Waals surface area (Å²) in [5.74, 6) is 2.13. The molecule has 0 amide bonds. The summed E-state index contributed by atoms with van der Waals surface area (Å²) in [4.78, 5) is 15.8. The van der Waals surface area contributed by atoms with Gasteiger partial charge in [0.2, 0.25) is 5.89 Å². The van der Waals surface area contributed by atoms with Crippen molar-refractivity contribution in [2.75, 3.05) is 6.61 Å². The summed E-state index contributed by atoms with van der Waals surface area (Å²) in [5.41, 5.74) is 4.82. The summed E-state index contributed by atoms with van der Waals surface area (Å²) in [5, 5.41) is 0. The van der Waals surface area contributed by atoms with Crippen LogP contribution >= 0.6 is 0 Å². The lowest BCUT2D eigenvalue weighted by Crippen LogP contribution is -2.05. The number of furan rings is 1. The third kappa shape index (κ3) is 4.86. The molecule has 0 fully saturated rings. The van der Waals surface area contributed by atoms with Gasteiger partial charge in [0.15, 0.2) is 0 Å². The normalized spacial score (nSPS) is 10.8. The fourth-order valence-corrected chi connectivity index (χ4v) is 3.24. The van der Waals surface area contributed by atoms with Crippen molar-refractivity contribution in [2.24, 2.45) is 0 Å². The Balaban J connectivity index is 1.41. The monoisotopic (exact) mass is 417 g/mol. The molecule has 158 valence electrons. The Labute approximate surface area is 180 Å². The molecule has 0 spiro atoms. The van der Waals surface area contributed by atoms with Gasteiger partial charge < -0.3 is 18.3 Å². The summed E-state index contributed by atoms with van der Waals surface area (Å²) in [6.07, 6.45) is 3.97. The van der Waals surface area contributed by atoms with Crippen molar-refractivity contribution in [2.45, 2.75) is 27.2 Å². The molecule has 0 radical (unpaired) electrons. The molecule has 6 heteroatoms. The second-order valence-electron chi connectivity index (χ2n) is 7.23. The molecule has 2 aromatic heterocycles. The lowest BCUT2D eigenvalue weighted by molar-refractivity contribution is -0.131. The summed E-state index contributed by atoms with van der Waals surface area (Å²) >= 11 is 0. The molecule has 0 saturated heterocycles. The highest BCUT2D eigenvalue weighted by molar-refractivity contribution is 5.69. The maximum atomic E-state index is 11.2. The molecule has 31 heavy (non-hydrogen) atoms. The van der Waals surface area contributed by atoms with Crippen LogP contribution in [0, 0.1) is 13.8 Å². The van der Waals surface area contributed by atoms with Crippen LogP contribution in [0.15, 0.2) is 69.9 Å². The van der Waals surface area contributed by atoms with E-state index in [-0.39, 0.29) is 5.97 Å². The van der Waals surface area contributed by atoms with Crippen LogP contribution < -0.4 is 9.47 Å². The Morgan fingerprint density at radius 2 is 1.77 bits per heavy atom. The van der Waals surface area contributed by atoms with Crippen molar-refractivity contribution in [3.63, 3.8) is 0 Å². The van der Waals surface area contributed by atoms with Gasteiger partial charge in [0, 0.05) is 30.5 Å². The molecule has 0 N–H and O–H groups in total. The van der Waals surface area contributed by atoms with Crippen LogP contribution in [0.25, 0.3) is 22.6 Å². The number of aromatic nitrogens is 1. The van der Waals surface area contributed by atoms with E-state index in [1.165, 1.54) is 6.92 Å². The van der Waals surface area contributed by atoms with Crippen LogP contribution in [0.3, 0.4) is 0 Å². The van der Waals surface area contributed by atoms with Gasteiger partial charge in [-0.1, -0.05) is 18.2 Å². The number of ether oxygens (including phenoxy) is 2. The highest BCUT2D eigenvalue weighted by Gasteiger charge is 2.13. The van der Waals surface area contributed by atoms with E-state index in [2.05, 4.69) is 4.98 Å². The minimum Gasteiger partial charge on any atom is -0.493 e. The number of carbonyl (C=O) groups is 1. The van der Waals surface area contributed by atoms with E-state index in [4.69, 9.17) is 18.3 Å². The highest BCUT2D eigenvalue weighted by atomic mass is 16.5. The van der Waals surface area contributed by atoms with E-state index in [9.17, 15) is 4.79 Å². The predicted octanol–water partition coefficient (Wildman–Crippen LogP) is 5.77. The van der Waals surface area contributed by atoms with Crippen molar-refractivity contribution in [1.29, 1.82) is 0 Å². The van der Waals surface area contributed by atoms with Crippen molar-refractivity contribution >= 4 is 5.97 Å². The Hall–Kier alpha value is -3.80. The molecule has 0 aliphatic rings. The van der Waals surface area contributed by atoms with Gasteiger partial charge >= 0.3 is 5.97 Å². The SMILES string of the molecule is CC(=O)Oc1ccc(C)c(OCCc2nc(-c3ccc(-c4ccoc4)cc3)oc2C)c1. The average molecular weight is 417 g/mol. The van der Waals surface area contributed by atoms with E-state index in [1.54, 1.807) is 24.7 Å². The molecule has 0 saturated carbocycles. The summed E-state index contributed by atoms with van der Waals surface area (Å²) in [6, 6.07) is 15.2. The second kappa shape index (κ2) is 8.92. The van der Waals surface area contributed by atoms with E-state index < -0.39 is 0 Å². The third-order valence-electron chi connectivity index (χ3n) is 4.90. The summed E-state index contributed by atoms with van der Waals surface area (Å²) < 4.78 is 22.1. The molecule has 4 rings (SSSR count). The average Bonchev–Trinajstić information content (AvgIpc) is 3.41. The van der Waals surface area contributed by atoms with Gasteiger partial charge in [0.05, 0.1) is 24.8 Å². The number of esters is 1. The lowest BCUT2D eigenvalue weighted by Gasteiger charge is -2.10. The highest BCUT2D eigenvalue weighted by Crippen LogP contribution is 2.27. The number of benzene rings is 2. The fourth-order valence-electron chi connectivity index (χ4n) is 3.24. The van der Waals surface area contributed by atoms with Gasteiger partial charge in [-0.15, -0.1) is 0 Å². The standard InChI is InChI=1S/C25H23NO5/c1-16-4-9-22(31-18(3)27)14-24(16)29-13-11-23-17(2)30-25(26-23)20-7-5-19(6-8-20)21-10-12-28-15-21/h4-10,12,14-15H,11,13H2,1-3H3. The van der Waals surface area contributed by atoms with Crippen LogP contribution in [0.1, 0.15) is 23.9 Å². The van der Waals surface area contributed by atoms with Crippen LogP contribution in [-0.2, 0) is 11.2 Å². The quantitative estimate of drug-likeness (QED) is 0.281. The Morgan fingerprint density at radius 1 is 1.00 bits per heavy atom.